The Morgan fingerprint density at radius 1 is 1.33 bits per heavy atom. The Morgan fingerprint density at radius 3 is 2.67 bits per heavy atom. The van der Waals surface area contributed by atoms with Crippen molar-refractivity contribution in [1.29, 1.82) is 5.26 Å². The summed E-state index contributed by atoms with van der Waals surface area (Å²) in [4.78, 5) is 13.3. The van der Waals surface area contributed by atoms with E-state index in [1.165, 1.54) is 23.1 Å². The smallest absolute Gasteiger partial charge is 0.245 e. The van der Waals surface area contributed by atoms with Crippen molar-refractivity contribution in [3.63, 3.8) is 0 Å². The summed E-state index contributed by atoms with van der Waals surface area (Å²) in [6.45, 7) is 0.587. The van der Waals surface area contributed by atoms with Gasteiger partial charge < -0.3 is 10.6 Å². The van der Waals surface area contributed by atoms with Crippen LogP contribution in [-0.2, 0) is 14.8 Å². The number of hydrogen-bond donors (Lipinski definition) is 1. The SMILES string of the molecule is CN1CCCN(S(=O)(=O)c2ccc(C#N)cc2N)CC1=O. The minimum atomic E-state index is -3.85. The van der Waals surface area contributed by atoms with Crippen LogP contribution < -0.4 is 5.73 Å². The van der Waals surface area contributed by atoms with E-state index in [-0.39, 0.29) is 35.1 Å². The molecule has 0 bridgehead atoms. The van der Waals surface area contributed by atoms with Crippen molar-refractivity contribution in [2.75, 3.05) is 32.4 Å². The summed E-state index contributed by atoms with van der Waals surface area (Å²) in [5, 5.41) is 8.79. The van der Waals surface area contributed by atoms with Crippen LogP contribution in [0.2, 0.25) is 0 Å². The number of nitrogen functional groups attached to an aromatic ring is 1. The van der Waals surface area contributed by atoms with Gasteiger partial charge in [-0.3, -0.25) is 4.79 Å². The summed E-state index contributed by atoms with van der Waals surface area (Å²) < 4.78 is 26.3. The minimum absolute atomic E-state index is 0.0131. The lowest BCUT2D eigenvalue weighted by Gasteiger charge is -2.20. The average molecular weight is 308 g/mol. The van der Waals surface area contributed by atoms with Gasteiger partial charge in [0.25, 0.3) is 0 Å². The summed E-state index contributed by atoms with van der Waals surface area (Å²) >= 11 is 0. The van der Waals surface area contributed by atoms with Crippen molar-refractivity contribution in [2.45, 2.75) is 11.3 Å². The maximum absolute atomic E-state index is 12.6. The van der Waals surface area contributed by atoms with E-state index in [1.54, 1.807) is 7.05 Å². The summed E-state index contributed by atoms with van der Waals surface area (Å²) in [5.74, 6) is -0.247. The third-order valence-corrected chi connectivity index (χ3v) is 5.31. The van der Waals surface area contributed by atoms with Gasteiger partial charge in [-0.25, -0.2) is 8.42 Å². The van der Waals surface area contributed by atoms with Crippen LogP contribution in [0, 0.1) is 11.3 Å². The van der Waals surface area contributed by atoms with Crippen molar-refractivity contribution < 1.29 is 13.2 Å². The van der Waals surface area contributed by atoms with Crippen LogP contribution in [0.3, 0.4) is 0 Å². The van der Waals surface area contributed by atoms with Gasteiger partial charge in [0.15, 0.2) is 0 Å². The van der Waals surface area contributed by atoms with E-state index in [4.69, 9.17) is 11.0 Å². The second-order valence-electron chi connectivity index (χ2n) is 4.87. The van der Waals surface area contributed by atoms with Crippen molar-refractivity contribution in [1.82, 2.24) is 9.21 Å². The standard InChI is InChI=1S/C13H16N4O3S/c1-16-5-2-6-17(9-13(16)18)21(19,20)12-4-3-10(8-14)7-11(12)15/h3-4,7H,2,5-6,9,15H2,1H3. The van der Waals surface area contributed by atoms with Gasteiger partial charge in [0.05, 0.1) is 23.9 Å². The Hall–Kier alpha value is -2.11. The Bertz CT molecular complexity index is 709. The van der Waals surface area contributed by atoms with Crippen LogP contribution in [0.1, 0.15) is 12.0 Å². The summed E-state index contributed by atoms with van der Waals surface area (Å²) in [5.41, 5.74) is 6.04. The molecule has 1 aromatic rings. The van der Waals surface area contributed by atoms with E-state index in [1.807, 2.05) is 6.07 Å². The first-order valence-corrected chi connectivity index (χ1v) is 7.84. The quantitative estimate of drug-likeness (QED) is 0.773. The molecule has 1 aliphatic rings. The van der Waals surface area contributed by atoms with Crippen molar-refractivity contribution in [3.8, 4) is 6.07 Å². The number of hydrogen-bond acceptors (Lipinski definition) is 5. The molecule has 1 saturated heterocycles. The minimum Gasteiger partial charge on any atom is -0.398 e. The molecular formula is C13H16N4O3S. The van der Waals surface area contributed by atoms with E-state index >= 15 is 0 Å². The molecule has 0 unspecified atom stereocenters. The van der Waals surface area contributed by atoms with Crippen LogP contribution in [0.25, 0.3) is 0 Å². The molecule has 1 aromatic carbocycles. The fraction of sp³-hybridized carbons (Fsp3) is 0.385. The molecule has 0 aromatic heterocycles. The molecule has 7 nitrogen and oxygen atoms in total. The zero-order valence-electron chi connectivity index (χ0n) is 11.6. The lowest BCUT2D eigenvalue weighted by molar-refractivity contribution is -0.129. The van der Waals surface area contributed by atoms with Gasteiger partial charge in [0, 0.05) is 20.1 Å². The highest BCUT2D eigenvalue weighted by Crippen LogP contribution is 2.24. The van der Waals surface area contributed by atoms with Gasteiger partial charge in [0.2, 0.25) is 15.9 Å². The summed E-state index contributed by atoms with van der Waals surface area (Å²) in [6, 6.07) is 5.92. The first-order valence-electron chi connectivity index (χ1n) is 6.40. The molecule has 112 valence electrons. The second-order valence-corrected chi connectivity index (χ2v) is 6.78. The topological polar surface area (TPSA) is 108 Å². The number of sulfonamides is 1. The van der Waals surface area contributed by atoms with Gasteiger partial charge in [-0.05, 0) is 24.6 Å². The summed E-state index contributed by atoms with van der Waals surface area (Å²) in [7, 11) is -2.20. The maximum atomic E-state index is 12.6. The molecule has 21 heavy (non-hydrogen) atoms. The zero-order valence-corrected chi connectivity index (χ0v) is 12.4. The molecule has 8 heteroatoms. The second kappa shape index (κ2) is 5.71. The number of nitriles is 1. The van der Waals surface area contributed by atoms with E-state index in [0.29, 0.717) is 13.0 Å². The Morgan fingerprint density at radius 2 is 2.05 bits per heavy atom. The molecule has 2 rings (SSSR count). The van der Waals surface area contributed by atoms with Crippen LogP contribution in [-0.4, -0.2) is 50.2 Å². The molecule has 1 fully saturated rings. The highest BCUT2D eigenvalue weighted by Gasteiger charge is 2.31. The van der Waals surface area contributed by atoms with Gasteiger partial charge >= 0.3 is 0 Å². The van der Waals surface area contributed by atoms with Gasteiger partial charge in [-0.15, -0.1) is 0 Å². The molecular weight excluding hydrogens is 292 g/mol. The molecule has 0 atom stereocenters. The fourth-order valence-corrected chi connectivity index (χ4v) is 3.68. The lowest BCUT2D eigenvalue weighted by atomic mass is 10.2. The molecule has 1 amide bonds. The van der Waals surface area contributed by atoms with E-state index < -0.39 is 10.0 Å². The molecule has 0 saturated carbocycles. The number of amides is 1. The molecule has 1 heterocycles. The first kappa shape index (κ1) is 15.3. The number of nitrogens with two attached hydrogens (primary N) is 1. The highest BCUT2D eigenvalue weighted by molar-refractivity contribution is 7.89. The molecule has 2 N–H and O–H groups in total. The molecule has 1 aliphatic heterocycles. The van der Waals surface area contributed by atoms with E-state index in [9.17, 15) is 13.2 Å². The largest absolute Gasteiger partial charge is 0.398 e. The normalized spacial score (nSPS) is 17.3. The summed E-state index contributed by atoms with van der Waals surface area (Å²) in [6.07, 6.45) is 0.567. The average Bonchev–Trinajstić information content (AvgIpc) is 2.61. The number of likely N-dealkylation sites (N-methyl/N-ethyl adjacent to an activating group) is 1. The van der Waals surface area contributed by atoms with Crippen LogP contribution in [0.5, 0.6) is 0 Å². The number of carbonyl (C=O) groups is 1. The van der Waals surface area contributed by atoms with E-state index in [0.717, 1.165) is 4.31 Å². The predicted molar refractivity (Wildman–Crippen MR) is 76.6 cm³/mol. The number of carbonyl (C=O) groups excluding carboxylic acids is 1. The highest BCUT2D eigenvalue weighted by atomic mass is 32.2. The monoisotopic (exact) mass is 308 g/mol. The Balaban J connectivity index is 2.38. The van der Waals surface area contributed by atoms with E-state index in [2.05, 4.69) is 0 Å². The number of rotatable bonds is 2. The van der Waals surface area contributed by atoms with Crippen LogP contribution >= 0.6 is 0 Å². The van der Waals surface area contributed by atoms with Crippen LogP contribution in [0.15, 0.2) is 23.1 Å². The Labute approximate surface area is 123 Å². The molecule has 0 aliphatic carbocycles. The fourth-order valence-electron chi connectivity index (χ4n) is 2.16. The predicted octanol–water partition coefficient (Wildman–Crippen LogP) is -0.00672. The van der Waals surface area contributed by atoms with Crippen molar-refractivity contribution in [3.05, 3.63) is 23.8 Å². The molecule has 0 radical (unpaired) electrons. The third kappa shape index (κ3) is 2.99. The van der Waals surface area contributed by atoms with Crippen LogP contribution in [0.4, 0.5) is 5.69 Å². The third-order valence-electron chi connectivity index (χ3n) is 3.40. The maximum Gasteiger partial charge on any atom is 0.245 e. The number of benzene rings is 1. The first-order chi connectivity index (χ1) is 9.86. The van der Waals surface area contributed by atoms with Crippen molar-refractivity contribution in [2.24, 2.45) is 0 Å². The lowest BCUT2D eigenvalue weighted by Crippen LogP contribution is -2.38. The van der Waals surface area contributed by atoms with Gasteiger partial charge in [0.1, 0.15) is 4.90 Å². The zero-order chi connectivity index (χ0) is 15.6. The Kier molecular flexibility index (Phi) is 4.16. The van der Waals surface area contributed by atoms with Crippen molar-refractivity contribution >= 4 is 21.6 Å². The number of anilines is 1. The number of nitrogens with zero attached hydrogens (tertiary/aromatic N) is 3. The molecule has 0 spiro atoms. The van der Waals surface area contributed by atoms with Gasteiger partial charge in [-0.1, -0.05) is 0 Å². The van der Waals surface area contributed by atoms with Gasteiger partial charge in [-0.2, -0.15) is 9.57 Å².